The fraction of sp³-hybridized carbons (Fsp3) is 0.0714. The summed E-state index contributed by atoms with van der Waals surface area (Å²) in [6, 6.07) is 6.43. The number of hydrogen-bond acceptors (Lipinski definition) is 5. The third kappa shape index (κ3) is 2.51. The molecule has 0 spiro atoms. The minimum Gasteiger partial charge on any atom is -0.392 e. The van der Waals surface area contributed by atoms with Gasteiger partial charge in [0.25, 0.3) is 5.56 Å². The smallest absolute Gasteiger partial charge is 0.268 e. The van der Waals surface area contributed by atoms with Crippen LogP contribution in [0.2, 0.25) is 10.0 Å². The minimum absolute atomic E-state index is 0.0225. The zero-order valence-corrected chi connectivity index (χ0v) is 12.5. The molecule has 2 rings (SSSR count). The van der Waals surface area contributed by atoms with E-state index in [2.05, 4.69) is 4.98 Å². The van der Waals surface area contributed by atoms with Crippen molar-refractivity contribution in [2.75, 3.05) is 5.73 Å². The summed E-state index contributed by atoms with van der Waals surface area (Å²) in [6.45, 7) is -0.284. The van der Waals surface area contributed by atoms with E-state index in [0.717, 1.165) is 0 Å². The summed E-state index contributed by atoms with van der Waals surface area (Å²) in [6.07, 6.45) is 0. The summed E-state index contributed by atoms with van der Waals surface area (Å²) >= 11 is 12.3. The van der Waals surface area contributed by atoms with Crippen LogP contribution in [-0.2, 0) is 6.61 Å². The number of benzene rings is 1. The van der Waals surface area contributed by atoms with Crippen molar-refractivity contribution >= 4 is 29.0 Å². The monoisotopic (exact) mass is 334 g/mol. The fourth-order valence-electron chi connectivity index (χ4n) is 2.05. The summed E-state index contributed by atoms with van der Waals surface area (Å²) in [5, 5.41) is 27.8. The van der Waals surface area contributed by atoms with Gasteiger partial charge in [-0.25, -0.2) is 0 Å². The number of anilines is 1. The quantitative estimate of drug-likeness (QED) is 0.775. The summed E-state index contributed by atoms with van der Waals surface area (Å²) in [5.74, 6) is -0.181. The summed E-state index contributed by atoms with van der Waals surface area (Å²) in [4.78, 5) is 14.1. The van der Waals surface area contributed by atoms with Crippen molar-refractivity contribution in [3.8, 4) is 23.3 Å². The molecule has 0 aliphatic heterocycles. The number of halogens is 2. The highest BCUT2D eigenvalue weighted by Crippen LogP contribution is 2.39. The average Bonchev–Trinajstić information content (AvgIpc) is 2.46. The standard InChI is InChI=1S/C14H8Cl2N4O2/c15-9-1-6(5-21)2-10(16)12(9)11-7(3-17)13(19)20-14(22)8(11)4-18/h1-2,21H,5H2,(H3,19,20,22). The molecule has 22 heavy (non-hydrogen) atoms. The molecule has 0 aliphatic rings. The zero-order chi connectivity index (χ0) is 16.4. The molecule has 4 N–H and O–H groups in total. The molecule has 1 aromatic carbocycles. The van der Waals surface area contributed by atoms with Crippen LogP contribution < -0.4 is 11.3 Å². The predicted molar refractivity (Wildman–Crippen MR) is 82.3 cm³/mol. The van der Waals surface area contributed by atoms with Crippen molar-refractivity contribution in [1.29, 1.82) is 10.5 Å². The maximum atomic E-state index is 11.9. The molecule has 0 fully saturated rings. The van der Waals surface area contributed by atoms with Crippen LogP contribution in [0.1, 0.15) is 16.7 Å². The van der Waals surface area contributed by atoms with Gasteiger partial charge in [-0.15, -0.1) is 0 Å². The number of nitriles is 2. The highest BCUT2D eigenvalue weighted by Gasteiger charge is 2.22. The molecule has 2 aromatic rings. The maximum absolute atomic E-state index is 11.9. The Bertz CT molecular complexity index is 884. The van der Waals surface area contributed by atoms with Gasteiger partial charge in [0.15, 0.2) is 0 Å². The molecule has 0 aliphatic carbocycles. The predicted octanol–water partition coefficient (Wildman–Crippen LogP) is 2.17. The van der Waals surface area contributed by atoms with Crippen LogP contribution >= 0.6 is 23.2 Å². The first kappa shape index (κ1) is 15.9. The van der Waals surface area contributed by atoms with E-state index in [1.54, 1.807) is 6.07 Å². The van der Waals surface area contributed by atoms with Crippen molar-refractivity contribution < 1.29 is 5.11 Å². The van der Waals surface area contributed by atoms with E-state index in [4.69, 9.17) is 34.0 Å². The van der Waals surface area contributed by atoms with Crippen LogP contribution in [0.25, 0.3) is 11.1 Å². The normalized spacial score (nSPS) is 10.0. The van der Waals surface area contributed by atoms with E-state index in [1.807, 2.05) is 6.07 Å². The van der Waals surface area contributed by atoms with Gasteiger partial charge in [-0.1, -0.05) is 23.2 Å². The Hall–Kier alpha value is -2.51. The Morgan fingerprint density at radius 1 is 1.14 bits per heavy atom. The van der Waals surface area contributed by atoms with Gasteiger partial charge < -0.3 is 15.8 Å². The van der Waals surface area contributed by atoms with Crippen LogP contribution in [0.4, 0.5) is 5.82 Å². The molecule has 6 nitrogen and oxygen atoms in total. The van der Waals surface area contributed by atoms with Gasteiger partial charge in [0.1, 0.15) is 29.1 Å². The summed E-state index contributed by atoms with van der Waals surface area (Å²) in [7, 11) is 0. The van der Waals surface area contributed by atoms with E-state index in [9.17, 15) is 15.3 Å². The number of rotatable bonds is 2. The average molecular weight is 335 g/mol. The number of aromatic nitrogens is 1. The molecule has 1 aromatic heterocycles. The van der Waals surface area contributed by atoms with Gasteiger partial charge in [-0.3, -0.25) is 4.79 Å². The molecule has 0 radical (unpaired) electrons. The minimum atomic E-state index is -0.743. The first-order chi connectivity index (χ1) is 10.4. The Balaban J connectivity index is 2.99. The van der Waals surface area contributed by atoms with Crippen LogP contribution in [0.3, 0.4) is 0 Å². The second kappa shape index (κ2) is 6.08. The van der Waals surface area contributed by atoms with Crippen LogP contribution in [0, 0.1) is 22.7 Å². The van der Waals surface area contributed by atoms with Crippen molar-refractivity contribution in [1.82, 2.24) is 4.98 Å². The van der Waals surface area contributed by atoms with Crippen LogP contribution in [0.15, 0.2) is 16.9 Å². The van der Waals surface area contributed by atoms with Gasteiger partial charge >= 0.3 is 0 Å². The van der Waals surface area contributed by atoms with Crippen molar-refractivity contribution in [2.24, 2.45) is 0 Å². The van der Waals surface area contributed by atoms with Crippen molar-refractivity contribution in [2.45, 2.75) is 6.61 Å². The molecule has 0 bridgehead atoms. The molecule has 0 atom stereocenters. The second-order valence-electron chi connectivity index (χ2n) is 4.31. The number of nitrogens with two attached hydrogens (primary N) is 1. The lowest BCUT2D eigenvalue weighted by molar-refractivity contribution is 0.282. The van der Waals surface area contributed by atoms with Gasteiger partial charge in [-0.2, -0.15) is 10.5 Å². The largest absolute Gasteiger partial charge is 0.392 e. The first-order valence-corrected chi connectivity index (χ1v) is 6.65. The number of pyridine rings is 1. The molecule has 0 saturated carbocycles. The number of aliphatic hydroxyl groups excluding tert-OH is 1. The maximum Gasteiger partial charge on any atom is 0.268 e. The lowest BCUT2D eigenvalue weighted by Crippen LogP contribution is -2.16. The lowest BCUT2D eigenvalue weighted by Gasteiger charge is -2.13. The zero-order valence-electron chi connectivity index (χ0n) is 10.9. The summed E-state index contributed by atoms with van der Waals surface area (Å²) in [5.41, 5.74) is 5.05. The molecule has 0 amide bonds. The van der Waals surface area contributed by atoms with E-state index in [0.29, 0.717) is 5.56 Å². The van der Waals surface area contributed by atoms with Gasteiger partial charge in [0.2, 0.25) is 0 Å². The molecule has 110 valence electrons. The second-order valence-corrected chi connectivity index (χ2v) is 5.12. The SMILES string of the molecule is N#Cc1c(N)[nH]c(=O)c(C#N)c1-c1c(Cl)cc(CO)cc1Cl. The molecular weight excluding hydrogens is 327 g/mol. The van der Waals surface area contributed by atoms with Crippen molar-refractivity contribution in [3.05, 3.63) is 49.2 Å². The first-order valence-electron chi connectivity index (χ1n) is 5.89. The van der Waals surface area contributed by atoms with E-state index >= 15 is 0 Å². The molecule has 0 saturated heterocycles. The number of nitrogen functional groups attached to an aromatic ring is 1. The number of nitrogens with zero attached hydrogens (tertiary/aromatic N) is 2. The van der Waals surface area contributed by atoms with Crippen LogP contribution in [-0.4, -0.2) is 10.1 Å². The van der Waals surface area contributed by atoms with E-state index in [-0.39, 0.29) is 44.7 Å². The van der Waals surface area contributed by atoms with Crippen molar-refractivity contribution in [3.63, 3.8) is 0 Å². The third-order valence-electron chi connectivity index (χ3n) is 3.00. The number of hydrogen-bond donors (Lipinski definition) is 3. The Morgan fingerprint density at radius 3 is 2.14 bits per heavy atom. The summed E-state index contributed by atoms with van der Waals surface area (Å²) < 4.78 is 0. The molecule has 1 heterocycles. The molecular formula is C14H8Cl2N4O2. The fourth-order valence-corrected chi connectivity index (χ4v) is 2.77. The molecule has 8 heteroatoms. The van der Waals surface area contributed by atoms with Gasteiger partial charge in [-0.05, 0) is 17.7 Å². The van der Waals surface area contributed by atoms with E-state index < -0.39 is 5.56 Å². The van der Waals surface area contributed by atoms with Gasteiger partial charge in [0, 0.05) is 11.1 Å². The Morgan fingerprint density at radius 2 is 1.68 bits per heavy atom. The lowest BCUT2D eigenvalue weighted by atomic mass is 9.95. The van der Waals surface area contributed by atoms with Crippen LogP contribution in [0.5, 0.6) is 0 Å². The third-order valence-corrected chi connectivity index (χ3v) is 3.60. The Kier molecular flexibility index (Phi) is 4.39. The highest BCUT2D eigenvalue weighted by atomic mass is 35.5. The van der Waals surface area contributed by atoms with E-state index in [1.165, 1.54) is 12.1 Å². The number of H-pyrrole nitrogens is 1. The number of nitrogens with one attached hydrogen (secondary N) is 1. The molecule has 0 unspecified atom stereocenters. The van der Waals surface area contributed by atoms with Gasteiger partial charge in [0.05, 0.1) is 16.7 Å². The number of aliphatic hydroxyl groups is 1. The Labute approximate surface area is 134 Å². The number of aromatic amines is 1. The highest BCUT2D eigenvalue weighted by molar-refractivity contribution is 6.39. The topological polar surface area (TPSA) is 127 Å².